The van der Waals surface area contributed by atoms with Crippen molar-refractivity contribution in [2.75, 3.05) is 0 Å². The summed E-state index contributed by atoms with van der Waals surface area (Å²) in [7, 11) is 0. The average Bonchev–Trinajstić information content (AvgIpc) is 3.56. The van der Waals surface area contributed by atoms with Gasteiger partial charge in [0.25, 0.3) is 5.56 Å². The topological polar surface area (TPSA) is 52.2 Å². The summed E-state index contributed by atoms with van der Waals surface area (Å²) in [6, 6.07) is 0. The highest BCUT2D eigenvalue weighted by atomic mass is 16.1. The first-order valence-electron chi connectivity index (χ1n) is 10.2. The van der Waals surface area contributed by atoms with Gasteiger partial charge in [-0.15, -0.1) is 10.2 Å². The van der Waals surface area contributed by atoms with Crippen LogP contribution in [0.5, 0.6) is 0 Å². The van der Waals surface area contributed by atoms with Crippen molar-refractivity contribution in [2.45, 2.75) is 83.6 Å². The van der Waals surface area contributed by atoms with Crippen molar-refractivity contribution in [1.29, 1.82) is 0 Å². The third-order valence-corrected chi connectivity index (χ3v) is 7.03. The molecular weight excluding hydrogens is 312 g/mol. The molecule has 2 aromatic heterocycles. The zero-order chi connectivity index (χ0) is 17.2. The number of hydrogen-bond donors (Lipinski definition) is 0. The van der Waals surface area contributed by atoms with E-state index in [9.17, 15) is 4.79 Å². The highest BCUT2D eigenvalue weighted by Crippen LogP contribution is 2.54. The highest BCUT2D eigenvalue weighted by molar-refractivity contribution is 5.43. The Kier molecular flexibility index (Phi) is 3.38. The normalized spacial score (nSPS) is 22.8. The molecule has 3 aliphatic carbocycles. The molecule has 134 valence electrons. The Morgan fingerprint density at radius 2 is 1.88 bits per heavy atom. The van der Waals surface area contributed by atoms with Gasteiger partial charge in [0.2, 0.25) is 5.65 Å². The summed E-state index contributed by atoms with van der Waals surface area (Å²) < 4.78 is 4.25. The third-order valence-electron chi connectivity index (χ3n) is 7.03. The molecular formula is C20H28N4O. The van der Waals surface area contributed by atoms with Crippen LogP contribution in [0.2, 0.25) is 0 Å². The summed E-state index contributed by atoms with van der Waals surface area (Å²) in [5.41, 5.74) is 3.42. The predicted molar refractivity (Wildman–Crippen MR) is 97.0 cm³/mol. The Bertz CT molecular complexity index is 885. The fraction of sp³-hybridized carbons (Fsp3) is 0.750. The first kappa shape index (κ1) is 15.6. The summed E-state index contributed by atoms with van der Waals surface area (Å²) in [6.45, 7) is 5.47. The molecule has 0 bridgehead atoms. The lowest BCUT2D eigenvalue weighted by Gasteiger charge is -2.26. The Balaban J connectivity index is 1.75. The lowest BCUT2D eigenvalue weighted by atomic mass is 9.87. The lowest BCUT2D eigenvalue weighted by molar-refractivity contribution is 0.403. The van der Waals surface area contributed by atoms with Crippen LogP contribution in [0.4, 0.5) is 0 Å². The molecule has 3 aliphatic rings. The molecule has 0 saturated heterocycles. The van der Waals surface area contributed by atoms with Gasteiger partial charge in [-0.1, -0.05) is 20.3 Å². The highest BCUT2D eigenvalue weighted by Gasteiger charge is 2.52. The van der Waals surface area contributed by atoms with E-state index in [-0.39, 0.29) is 11.0 Å². The van der Waals surface area contributed by atoms with E-state index in [1.807, 2.05) is 0 Å². The fourth-order valence-corrected chi connectivity index (χ4v) is 4.86. The minimum Gasteiger partial charge on any atom is -0.307 e. The van der Waals surface area contributed by atoms with E-state index in [2.05, 4.69) is 33.0 Å². The van der Waals surface area contributed by atoms with Crippen molar-refractivity contribution in [1.82, 2.24) is 19.2 Å². The Hall–Kier alpha value is -1.65. The van der Waals surface area contributed by atoms with E-state index >= 15 is 0 Å². The van der Waals surface area contributed by atoms with Crippen molar-refractivity contribution in [3.05, 3.63) is 27.6 Å². The van der Waals surface area contributed by atoms with Gasteiger partial charge in [-0.2, -0.15) is 0 Å². The maximum Gasteiger partial charge on any atom is 0.296 e. The number of hydrogen-bond acceptors (Lipinski definition) is 3. The molecule has 0 spiro atoms. The van der Waals surface area contributed by atoms with E-state index in [1.54, 1.807) is 0 Å². The Morgan fingerprint density at radius 1 is 1.16 bits per heavy atom. The van der Waals surface area contributed by atoms with E-state index in [1.165, 1.54) is 49.9 Å². The van der Waals surface area contributed by atoms with Gasteiger partial charge in [0, 0.05) is 23.3 Å². The molecule has 0 radical (unpaired) electrons. The van der Waals surface area contributed by atoms with E-state index in [0.717, 1.165) is 31.6 Å². The summed E-state index contributed by atoms with van der Waals surface area (Å²) in [4.78, 5) is 13.2. The van der Waals surface area contributed by atoms with Gasteiger partial charge in [0.15, 0.2) is 0 Å². The van der Waals surface area contributed by atoms with Crippen LogP contribution < -0.4 is 5.56 Å². The molecule has 1 unspecified atom stereocenters. The van der Waals surface area contributed by atoms with Crippen LogP contribution >= 0.6 is 0 Å². The van der Waals surface area contributed by atoms with Crippen molar-refractivity contribution < 1.29 is 0 Å². The molecule has 2 fully saturated rings. The zero-order valence-electron chi connectivity index (χ0n) is 15.4. The second kappa shape index (κ2) is 5.42. The largest absolute Gasteiger partial charge is 0.307 e. The number of fused-ring (bicyclic) bond motifs is 3. The van der Waals surface area contributed by atoms with Gasteiger partial charge in [0.1, 0.15) is 5.82 Å². The van der Waals surface area contributed by atoms with E-state index in [4.69, 9.17) is 0 Å². The second-order valence-electron chi connectivity index (χ2n) is 8.61. The van der Waals surface area contributed by atoms with Gasteiger partial charge in [0.05, 0.1) is 0 Å². The standard InChI is InChI=1S/C20H28N4O/c1-3-13(2)20(10-11-20)19-22-21-17-18(25)23(12-14-8-9-14)15-6-4-5-7-16(15)24(17)19/h13-14H,3-12H2,1-2H3. The van der Waals surface area contributed by atoms with Crippen LogP contribution in [0, 0.1) is 11.8 Å². The average molecular weight is 340 g/mol. The van der Waals surface area contributed by atoms with Crippen molar-refractivity contribution >= 4 is 5.65 Å². The van der Waals surface area contributed by atoms with Crippen LogP contribution in [-0.4, -0.2) is 19.2 Å². The predicted octanol–water partition coefficient (Wildman–Crippen LogP) is 3.26. The molecule has 1 atom stereocenters. The van der Waals surface area contributed by atoms with Crippen molar-refractivity contribution in [3.63, 3.8) is 0 Å². The molecule has 2 saturated carbocycles. The summed E-state index contributed by atoms with van der Waals surface area (Å²) in [5.74, 6) is 2.36. The molecule has 2 aromatic rings. The van der Waals surface area contributed by atoms with Crippen LogP contribution in [0.1, 0.15) is 76.0 Å². The Labute approximate surface area is 148 Å². The van der Waals surface area contributed by atoms with Crippen LogP contribution in [0.15, 0.2) is 4.79 Å². The zero-order valence-corrected chi connectivity index (χ0v) is 15.4. The molecule has 0 aliphatic heterocycles. The second-order valence-corrected chi connectivity index (χ2v) is 8.61. The van der Waals surface area contributed by atoms with E-state index in [0.29, 0.717) is 17.5 Å². The maximum absolute atomic E-state index is 13.2. The summed E-state index contributed by atoms with van der Waals surface area (Å²) >= 11 is 0. The maximum atomic E-state index is 13.2. The first-order chi connectivity index (χ1) is 12.2. The summed E-state index contributed by atoms with van der Waals surface area (Å²) in [6.07, 6.45) is 10.5. The molecule has 0 N–H and O–H groups in total. The van der Waals surface area contributed by atoms with Crippen molar-refractivity contribution in [3.8, 4) is 0 Å². The molecule has 5 rings (SSSR count). The molecule has 2 heterocycles. The molecule has 25 heavy (non-hydrogen) atoms. The number of aryl methyl sites for hydroxylation is 1. The molecule has 0 amide bonds. The van der Waals surface area contributed by atoms with Gasteiger partial charge < -0.3 is 4.57 Å². The molecule has 0 aromatic carbocycles. The quantitative estimate of drug-likeness (QED) is 0.839. The smallest absolute Gasteiger partial charge is 0.296 e. The van der Waals surface area contributed by atoms with Crippen LogP contribution in [0.25, 0.3) is 5.65 Å². The summed E-state index contributed by atoms with van der Waals surface area (Å²) in [5, 5.41) is 9.02. The van der Waals surface area contributed by atoms with Gasteiger partial charge in [-0.25, -0.2) is 0 Å². The minimum atomic E-state index is 0.0891. The Morgan fingerprint density at radius 3 is 2.52 bits per heavy atom. The monoisotopic (exact) mass is 340 g/mol. The lowest BCUT2D eigenvalue weighted by Crippen LogP contribution is -2.32. The van der Waals surface area contributed by atoms with Crippen molar-refractivity contribution in [2.24, 2.45) is 11.8 Å². The third kappa shape index (κ3) is 2.24. The van der Waals surface area contributed by atoms with Gasteiger partial charge >= 0.3 is 0 Å². The fourth-order valence-electron chi connectivity index (χ4n) is 4.86. The van der Waals surface area contributed by atoms with E-state index < -0.39 is 0 Å². The number of nitrogens with zero attached hydrogens (tertiary/aromatic N) is 4. The minimum absolute atomic E-state index is 0.0891. The van der Waals surface area contributed by atoms with Gasteiger partial charge in [-0.3, -0.25) is 9.20 Å². The number of aromatic nitrogens is 4. The van der Waals surface area contributed by atoms with Gasteiger partial charge in [-0.05, 0) is 63.2 Å². The number of rotatable bonds is 5. The molecule has 5 nitrogen and oxygen atoms in total. The van der Waals surface area contributed by atoms with Crippen LogP contribution in [-0.2, 0) is 24.8 Å². The first-order valence-corrected chi connectivity index (χ1v) is 10.2. The molecule has 5 heteroatoms. The SMILES string of the molecule is CCC(C)C1(c2nnc3c(=O)n(CC4CC4)c4c(n23)CCCC4)CC1. The van der Waals surface area contributed by atoms with Crippen LogP contribution in [0.3, 0.4) is 0 Å².